The van der Waals surface area contributed by atoms with Gasteiger partial charge in [-0.2, -0.15) is 5.26 Å². The summed E-state index contributed by atoms with van der Waals surface area (Å²) >= 11 is 0. The van der Waals surface area contributed by atoms with Crippen LogP contribution in [0.2, 0.25) is 0 Å². The van der Waals surface area contributed by atoms with Gasteiger partial charge in [0.25, 0.3) is 6.43 Å². The Kier molecular flexibility index (Phi) is 3.93. The number of carbonyl (C=O) groups is 1. The molecule has 17 heavy (non-hydrogen) atoms. The van der Waals surface area contributed by atoms with E-state index in [1.165, 1.54) is 7.11 Å². The van der Waals surface area contributed by atoms with Crippen LogP contribution in [0.4, 0.5) is 8.78 Å². The molecule has 0 radical (unpaired) electrons. The maximum atomic E-state index is 12.6. The number of ether oxygens (including phenoxy) is 1. The van der Waals surface area contributed by atoms with E-state index in [4.69, 9.17) is 15.1 Å². The van der Waals surface area contributed by atoms with E-state index in [9.17, 15) is 13.6 Å². The second kappa shape index (κ2) is 5.21. The van der Waals surface area contributed by atoms with E-state index in [1.54, 1.807) is 6.07 Å². The normalized spacial score (nSPS) is 10.1. The van der Waals surface area contributed by atoms with Gasteiger partial charge < -0.3 is 9.84 Å². The van der Waals surface area contributed by atoms with Gasteiger partial charge in [-0.15, -0.1) is 0 Å². The Morgan fingerprint density at radius 2 is 2.35 bits per heavy atom. The molecule has 0 aromatic carbocycles. The number of alkyl halides is 2. The molecule has 0 spiro atoms. The molecule has 0 saturated heterocycles. The Morgan fingerprint density at radius 1 is 1.71 bits per heavy atom. The molecule has 0 unspecified atom stereocenters. The van der Waals surface area contributed by atoms with Crippen LogP contribution in [-0.2, 0) is 11.2 Å². The average molecular weight is 242 g/mol. The average Bonchev–Trinajstić information content (AvgIpc) is 2.27. The molecule has 0 bridgehead atoms. The van der Waals surface area contributed by atoms with E-state index in [1.807, 2.05) is 0 Å². The van der Waals surface area contributed by atoms with Crippen molar-refractivity contribution >= 4 is 5.97 Å². The number of hydrogen-bond donors (Lipinski definition) is 1. The summed E-state index contributed by atoms with van der Waals surface area (Å²) < 4.78 is 30.0. The summed E-state index contributed by atoms with van der Waals surface area (Å²) in [5.74, 6) is -1.28. The first-order valence-corrected chi connectivity index (χ1v) is 4.47. The van der Waals surface area contributed by atoms with Crippen LogP contribution in [-0.4, -0.2) is 23.2 Å². The number of carboxylic acids is 1. The third kappa shape index (κ3) is 2.87. The van der Waals surface area contributed by atoms with Gasteiger partial charge in [0.15, 0.2) is 11.4 Å². The van der Waals surface area contributed by atoms with Crippen LogP contribution in [0.15, 0.2) is 6.07 Å². The zero-order valence-electron chi connectivity index (χ0n) is 8.78. The van der Waals surface area contributed by atoms with Gasteiger partial charge in [0.1, 0.15) is 11.8 Å². The molecule has 0 aliphatic rings. The van der Waals surface area contributed by atoms with Crippen molar-refractivity contribution < 1.29 is 23.4 Å². The van der Waals surface area contributed by atoms with Crippen molar-refractivity contribution in [2.24, 2.45) is 0 Å². The second-order valence-corrected chi connectivity index (χ2v) is 3.07. The highest BCUT2D eigenvalue weighted by Gasteiger charge is 2.20. The molecule has 1 N–H and O–H groups in total. The first-order valence-electron chi connectivity index (χ1n) is 4.47. The predicted octanol–water partition coefficient (Wildman–Crippen LogP) is 1.53. The summed E-state index contributed by atoms with van der Waals surface area (Å²) in [5.41, 5.74) is -1.16. The molecule has 1 aromatic rings. The summed E-state index contributed by atoms with van der Waals surface area (Å²) in [6.07, 6.45) is -3.54. The molecule has 0 atom stereocenters. The summed E-state index contributed by atoms with van der Waals surface area (Å²) in [4.78, 5) is 13.9. The molecule has 1 heterocycles. The van der Waals surface area contributed by atoms with Crippen molar-refractivity contribution in [1.82, 2.24) is 4.98 Å². The molecule has 0 aliphatic heterocycles. The number of methoxy groups -OCH3 is 1. The monoisotopic (exact) mass is 242 g/mol. The second-order valence-electron chi connectivity index (χ2n) is 3.07. The molecule has 0 amide bonds. The van der Waals surface area contributed by atoms with Gasteiger partial charge in [0, 0.05) is 0 Å². The Morgan fingerprint density at radius 3 is 2.76 bits per heavy atom. The molecule has 0 fully saturated rings. The zero-order valence-corrected chi connectivity index (χ0v) is 8.78. The van der Waals surface area contributed by atoms with E-state index in [-0.39, 0.29) is 17.0 Å². The van der Waals surface area contributed by atoms with Crippen molar-refractivity contribution in [1.29, 1.82) is 5.26 Å². The third-order valence-electron chi connectivity index (χ3n) is 1.97. The highest BCUT2D eigenvalue weighted by Crippen LogP contribution is 2.27. The fourth-order valence-corrected chi connectivity index (χ4v) is 1.28. The topological polar surface area (TPSA) is 83.2 Å². The largest absolute Gasteiger partial charge is 0.494 e. The summed E-state index contributed by atoms with van der Waals surface area (Å²) in [6.45, 7) is 0. The number of nitriles is 1. The van der Waals surface area contributed by atoms with Gasteiger partial charge in [-0.1, -0.05) is 0 Å². The SMILES string of the molecule is COc1cc(CC(=O)O)c(C(F)F)nc1C#N. The summed E-state index contributed by atoms with van der Waals surface area (Å²) in [7, 11) is 1.24. The lowest BCUT2D eigenvalue weighted by molar-refractivity contribution is -0.136. The van der Waals surface area contributed by atoms with Crippen LogP contribution in [0.1, 0.15) is 23.4 Å². The zero-order chi connectivity index (χ0) is 13.0. The van der Waals surface area contributed by atoms with Crippen LogP contribution in [0, 0.1) is 11.3 Å². The van der Waals surface area contributed by atoms with Crippen molar-refractivity contribution in [2.75, 3.05) is 7.11 Å². The van der Waals surface area contributed by atoms with Crippen LogP contribution >= 0.6 is 0 Å². The summed E-state index contributed by atoms with van der Waals surface area (Å²) in [5, 5.41) is 17.3. The van der Waals surface area contributed by atoms with Crippen molar-refractivity contribution in [3.05, 3.63) is 23.0 Å². The molecule has 0 aliphatic carbocycles. The lowest BCUT2D eigenvalue weighted by Crippen LogP contribution is -2.08. The number of aromatic nitrogens is 1. The first kappa shape index (κ1) is 12.8. The molecular weight excluding hydrogens is 234 g/mol. The minimum absolute atomic E-state index is 0.0202. The number of aliphatic carboxylic acids is 1. The van der Waals surface area contributed by atoms with Crippen molar-refractivity contribution in [3.63, 3.8) is 0 Å². The standard InChI is InChI=1S/C10H8F2N2O3/c1-17-7-2-5(3-8(15)16)9(10(11)12)14-6(7)4-13/h2,10H,3H2,1H3,(H,15,16). The Balaban J connectivity index is 3.36. The van der Waals surface area contributed by atoms with Crippen molar-refractivity contribution in [2.45, 2.75) is 12.8 Å². The van der Waals surface area contributed by atoms with E-state index in [2.05, 4.69) is 4.98 Å². The number of hydrogen-bond acceptors (Lipinski definition) is 4. The summed E-state index contributed by atoms with van der Waals surface area (Å²) in [6, 6.07) is 2.70. The molecule has 1 rings (SSSR count). The van der Waals surface area contributed by atoms with Crippen LogP contribution in [0.25, 0.3) is 0 Å². The Hall–Kier alpha value is -2.23. The van der Waals surface area contributed by atoms with Gasteiger partial charge >= 0.3 is 5.97 Å². The minimum atomic E-state index is -2.94. The van der Waals surface area contributed by atoms with Gasteiger partial charge in [0.05, 0.1) is 13.5 Å². The molecular formula is C10H8F2N2O3. The van der Waals surface area contributed by atoms with Crippen molar-refractivity contribution in [3.8, 4) is 11.8 Å². The van der Waals surface area contributed by atoms with Gasteiger partial charge in [-0.05, 0) is 11.6 Å². The fourth-order valence-electron chi connectivity index (χ4n) is 1.28. The van der Waals surface area contributed by atoms with E-state index < -0.39 is 24.5 Å². The Bertz CT molecular complexity index is 483. The Labute approximate surface area is 95.3 Å². The number of carboxylic acid groups (broad SMARTS) is 1. The molecule has 0 saturated carbocycles. The third-order valence-corrected chi connectivity index (χ3v) is 1.97. The number of halogens is 2. The van der Waals surface area contributed by atoms with E-state index in [0.717, 1.165) is 6.07 Å². The van der Waals surface area contributed by atoms with Crippen LogP contribution < -0.4 is 4.74 Å². The van der Waals surface area contributed by atoms with E-state index in [0.29, 0.717) is 0 Å². The first-order chi connectivity index (χ1) is 7.99. The maximum absolute atomic E-state index is 12.6. The number of pyridine rings is 1. The van der Waals surface area contributed by atoms with Crippen LogP contribution in [0.5, 0.6) is 5.75 Å². The molecule has 5 nitrogen and oxygen atoms in total. The lowest BCUT2D eigenvalue weighted by Gasteiger charge is -2.09. The van der Waals surface area contributed by atoms with E-state index >= 15 is 0 Å². The quantitative estimate of drug-likeness (QED) is 0.865. The number of rotatable bonds is 4. The highest BCUT2D eigenvalue weighted by molar-refractivity contribution is 5.71. The highest BCUT2D eigenvalue weighted by atomic mass is 19.3. The molecule has 7 heteroatoms. The van der Waals surface area contributed by atoms with Gasteiger partial charge in [0.2, 0.25) is 0 Å². The smallest absolute Gasteiger partial charge is 0.307 e. The number of nitrogens with zero attached hydrogens (tertiary/aromatic N) is 2. The maximum Gasteiger partial charge on any atom is 0.307 e. The van der Waals surface area contributed by atoms with Crippen LogP contribution in [0.3, 0.4) is 0 Å². The lowest BCUT2D eigenvalue weighted by atomic mass is 10.1. The van der Waals surface area contributed by atoms with Gasteiger partial charge in [-0.25, -0.2) is 13.8 Å². The molecule has 90 valence electrons. The minimum Gasteiger partial charge on any atom is -0.494 e. The fraction of sp³-hybridized carbons (Fsp3) is 0.300. The predicted molar refractivity (Wildman–Crippen MR) is 51.8 cm³/mol. The molecule has 1 aromatic heterocycles. The van der Waals surface area contributed by atoms with Gasteiger partial charge in [-0.3, -0.25) is 4.79 Å².